The molecule has 0 spiro atoms. The van der Waals surface area contributed by atoms with Gasteiger partial charge in [-0.25, -0.2) is 0 Å². The number of aliphatic hydroxyl groups excluding tert-OH is 2. The highest BCUT2D eigenvalue weighted by molar-refractivity contribution is 5.93. The van der Waals surface area contributed by atoms with E-state index in [0.29, 0.717) is 65.2 Å². The van der Waals surface area contributed by atoms with Crippen LogP contribution in [-0.4, -0.2) is 172 Å². The Labute approximate surface area is 216 Å². The first-order valence-corrected chi connectivity index (χ1v) is 12.6. The lowest BCUT2D eigenvalue weighted by Gasteiger charge is -2.33. The largest absolute Gasteiger partial charge is 0.480 e. The minimum Gasteiger partial charge on any atom is -0.480 e. The van der Waals surface area contributed by atoms with Gasteiger partial charge in [0.15, 0.2) is 5.78 Å². The maximum atomic E-state index is 13.3. The Kier molecular flexibility index (Phi) is 12.3. The lowest BCUT2D eigenvalue weighted by molar-refractivity contribution is -0.140. The van der Waals surface area contributed by atoms with Crippen LogP contribution in [0.2, 0.25) is 0 Å². The molecule has 0 aromatic heterocycles. The number of Topliss-reactive ketones (excluding diaryl/α,β-unsaturated/α-hetero) is 1. The van der Waals surface area contributed by atoms with Crippen molar-refractivity contribution in [2.45, 2.75) is 37.5 Å². The van der Waals surface area contributed by atoms with Crippen molar-refractivity contribution in [2.24, 2.45) is 0 Å². The number of carbonyl (C=O) groups excluding carboxylic acids is 1. The van der Waals surface area contributed by atoms with Gasteiger partial charge in [0.25, 0.3) is 0 Å². The SMILES string of the molecule is C[C@@H](O)[C@@H](CO)NC1(C(=O)CN2CCN(CC(=O)O)CCN(CC(=O)O)CCN(CC(=O)O)CC2)CC1. The van der Waals surface area contributed by atoms with Crippen LogP contribution in [-0.2, 0) is 19.2 Å². The summed E-state index contributed by atoms with van der Waals surface area (Å²) in [6.45, 7) is 3.15. The van der Waals surface area contributed by atoms with Crippen molar-refractivity contribution in [2.75, 3.05) is 85.1 Å². The van der Waals surface area contributed by atoms with Crippen LogP contribution in [0, 0.1) is 0 Å². The number of rotatable bonds is 13. The number of hydrogen-bond donors (Lipinski definition) is 6. The van der Waals surface area contributed by atoms with Crippen molar-refractivity contribution in [1.82, 2.24) is 24.9 Å². The number of hydrogen-bond acceptors (Lipinski definition) is 11. The fraction of sp³-hybridized carbons (Fsp3) is 0.826. The maximum Gasteiger partial charge on any atom is 0.317 e. The second-order valence-corrected chi connectivity index (χ2v) is 9.97. The van der Waals surface area contributed by atoms with Crippen LogP contribution < -0.4 is 5.32 Å². The molecule has 1 saturated heterocycles. The van der Waals surface area contributed by atoms with E-state index in [1.807, 2.05) is 4.90 Å². The first-order valence-electron chi connectivity index (χ1n) is 12.6. The van der Waals surface area contributed by atoms with E-state index >= 15 is 0 Å². The normalized spacial score (nSPS) is 22.4. The summed E-state index contributed by atoms with van der Waals surface area (Å²) in [4.78, 5) is 54.3. The van der Waals surface area contributed by atoms with Gasteiger partial charge in [-0.15, -0.1) is 0 Å². The van der Waals surface area contributed by atoms with Crippen molar-refractivity contribution in [3.05, 3.63) is 0 Å². The maximum absolute atomic E-state index is 13.3. The van der Waals surface area contributed by atoms with Crippen molar-refractivity contribution >= 4 is 23.7 Å². The average Bonchev–Trinajstić information content (AvgIpc) is 3.59. The molecule has 1 saturated carbocycles. The molecule has 0 aromatic carbocycles. The molecule has 0 amide bonds. The van der Waals surface area contributed by atoms with Gasteiger partial charge < -0.3 is 25.5 Å². The zero-order chi connectivity index (χ0) is 27.6. The van der Waals surface area contributed by atoms with Gasteiger partial charge in [0.2, 0.25) is 0 Å². The zero-order valence-corrected chi connectivity index (χ0v) is 21.4. The van der Waals surface area contributed by atoms with Crippen LogP contribution in [0.4, 0.5) is 0 Å². The number of nitrogens with zero attached hydrogens (tertiary/aromatic N) is 4. The number of carboxylic acid groups (broad SMARTS) is 3. The summed E-state index contributed by atoms with van der Waals surface area (Å²) in [6.07, 6.45) is 0.323. The standard InChI is InChI=1S/C23H41N5O9/c1-17(30)18(16-29)24-23(2-3-23)19(31)12-25-4-6-26(13-20(32)33)8-10-28(15-22(36)37)11-9-27(7-5-25)14-21(34)35/h17-18,24,29-30H,2-16H2,1H3,(H,32,33)(H,34,35)(H,36,37)/t17-,18-/m1/s1. The van der Waals surface area contributed by atoms with E-state index < -0.39 is 35.6 Å². The lowest BCUT2D eigenvalue weighted by atomic mass is 10.1. The summed E-state index contributed by atoms with van der Waals surface area (Å²) in [7, 11) is 0. The number of carboxylic acids is 3. The molecular weight excluding hydrogens is 490 g/mol. The summed E-state index contributed by atoms with van der Waals surface area (Å²) in [5.41, 5.74) is -0.826. The Morgan fingerprint density at radius 3 is 1.27 bits per heavy atom. The molecule has 2 rings (SSSR count). The second kappa shape index (κ2) is 14.7. The van der Waals surface area contributed by atoms with Gasteiger partial charge in [0.05, 0.1) is 50.5 Å². The number of aliphatic hydroxyl groups is 2. The quantitative estimate of drug-likeness (QED) is 0.140. The lowest BCUT2D eigenvalue weighted by Crippen LogP contribution is -2.55. The highest BCUT2D eigenvalue weighted by atomic mass is 16.4. The van der Waals surface area contributed by atoms with E-state index in [0.717, 1.165) is 0 Å². The summed E-state index contributed by atoms with van der Waals surface area (Å²) in [6, 6.07) is -0.636. The summed E-state index contributed by atoms with van der Waals surface area (Å²) in [5, 5.41) is 50.4. The predicted molar refractivity (Wildman–Crippen MR) is 131 cm³/mol. The van der Waals surface area contributed by atoms with E-state index in [9.17, 15) is 44.7 Å². The molecule has 6 N–H and O–H groups in total. The van der Waals surface area contributed by atoms with Crippen molar-refractivity contribution in [3.8, 4) is 0 Å². The molecule has 1 heterocycles. The minimum atomic E-state index is -1.02. The second-order valence-electron chi connectivity index (χ2n) is 9.97. The van der Waals surface area contributed by atoms with Crippen molar-refractivity contribution in [1.29, 1.82) is 0 Å². The number of nitrogens with one attached hydrogen (secondary N) is 1. The smallest absolute Gasteiger partial charge is 0.317 e. The Morgan fingerprint density at radius 1 is 0.703 bits per heavy atom. The van der Waals surface area contributed by atoms with Gasteiger partial charge in [-0.2, -0.15) is 0 Å². The molecule has 37 heavy (non-hydrogen) atoms. The van der Waals surface area contributed by atoms with Crippen molar-refractivity contribution < 1.29 is 44.7 Å². The molecule has 1 aliphatic carbocycles. The Balaban J connectivity index is 2.15. The molecule has 0 unspecified atom stereocenters. The third kappa shape index (κ3) is 11.0. The van der Waals surface area contributed by atoms with E-state index in [1.54, 1.807) is 14.7 Å². The van der Waals surface area contributed by atoms with Gasteiger partial charge >= 0.3 is 17.9 Å². The molecule has 2 fully saturated rings. The van der Waals surface area contributed by atoms with Crippen LogP contribution in [0.3, 0.4) is 0 Å². The summed E-state index contributed by atoms with van der Waals surface area (Å²) in [5.74, 6) is -3.14. The third-order valence-electron chi connectivity index (χ3n) is 6.90. The van der Waals surface area contributed by atoms with Crippen LogP contribution in [0.5, 0.6) is 0 Å². The molecule has 0 aromatic rings. The Morgan fingerprint density at radius 2 is 1.03 bits per heavy atom. The molecular formula is C23H41N5O9. The van der Waals surface area contributed by atoms with Gasteiger partial charge in [-0.1, -0.05) is 0 Å². The molecule has 0 radical (unpaired) electrons. The van der Waals surface area contributed by atoms with Gasteiger partial charge in [-0.05, 0) is 19.8 Å². The molecule has 2 atom stereocenters. The van der Waals surface area contributed by atoms with Crippen LogP contribution in [0.1, 0.15) is 19.8 Å². The van der Waals surface area contributed by atoms with Gasteiger partial charge in [0.1, 0.15) is 0 Å². The molecule has 2 aliphatic rings. The average molecular weight is 532 g/mol. The number of aliphatic carboxylic acids is 3. The van der Waals surface area contributed by atoms with Crippen LogP contribution >= 0.6 is 0 Å². The van der Waals surface area contributed by atoms with E-state index in [-0.39, 0.29) is 38.6 Å². The highest BCUT2D eigenvalue weighted by Crippen LogP contribution is 2.37. The highest BCUT2D eigenvalue weighted by Gasteiger charge is 2.50. The van der Waals surface area contributed by atoms with Gasteiger partial charge in [-0.3, -0.25) is 44.1 Å². The molecule has 1 aliphatic heterocycles. The zero-order valence-electron chi connectivity index (χ0n) is 21.4. The first kappa shape index (κ1) is 31.0. The number of carbonyl (C=O) groups is 4. The van der Waals surface area contributed by atoms with Gasteiger partial charge in [0, 0.05) is 52.4 Å². The first-order chi connectivity index (χ1) is 17.4. The minimum absolute atomic E-state index is 0.0535. The third-order valence-corrected chi connectivity index (χ3v) is 6.90. The van der Waals surface area contributed by atoms with E-state index in [1.165, 1.54) is 6.92 Å². The number of ketones is 1. The van der Waals surface area contributed by atoms with E-state index in [2.05, 4.69) is 5.32 Å². The fourth-order valence-corrected chi connectivity index (χ4v) is 4.44. The molecule has 14 nitrogen and oxygen atoms in total. The topological polar surface area (TPSA) is 194 Å². The van der Waals surface area contributed by atoms with Crippen molar-refractivity contribution in [3.63, 3.8) is 0 Å². The Hall–Kier alpha value is -2.20. The van der Waals surface area contributed by atoms with Crippen LogP contribution in [0.15, 0.2) is 0 Å². The summed E-state index contributed by atoms with van der Waals surface area (Å²) >= 11 is 0. The fourth-order valence-electron chi connectivity index (χ4n) is 4.44. The predicted octanol–water partition coefficient (Wildman–Crippen LogP) is -3.11. The molecule has 212 valence electrons. The monoisotopic (exact) mass is 531 g/mol. The summed E-state index contributed by atoms with van der Waals surface area (Å²) < 4.78 is 0. The Bertz CT molecular complexity index is 761. The molecule has 14 heteroatoms. The van der Waals surface area contributed by atoms with Crippen LogP contribution in [0.25, 0.3) is 0 Å². The van der Waals surface area contributed by atoms with E-state index in [4.69, 9.17) is 0 Å². The molecule has 0 bridgehead atoms.